The molecule has 1 aromatic heterocycles. The molecular formula is C15H19N3O. The highest BCUT2D eigenvalue weighted by atomic mass is 16.2. The van der Waals surface area contributed by atoms with E-state index in [1.54, 1.807) is 0 Å². The lowest BCUT2D eigenvalue weighted by Gasteiger charge is -2.25. The molecular weight excluding hydrogens is 238 g/mol. The van der Waals surface area contributed by atoms with Gasteiger partial charge >= 0.3 is 0 Å². The van der Waals surface area contributed by atoms with Crippen LogP contribution in [0.4, 0.5) is 5.82 Å². The lowest BCUT2D eigenvalue weighted by atomic mass is 10.2. The summed E-state index contributed by atoms with van der Waals surface area (Å²) in [6.45, 7) is 3.72. The SMILES string of the molecule is OCC#CCN1Cc2cccnc2N2CCC[C@@H]2C1. The average molecular weight is 257 g/mol. The summed E-state index contributed by atoms with van der Waals surface area (Å²) in [7, 11) is 0. The van der Waals surface area contributed by atoms with Gasteiger partial charge in [-0.25, -0.2) is 4.98 Å². The van der Waals surface area contributed by atoms with Crippen molar-refractivity contribution >= 4 is 5.82 Å². The van der Waals surface area contributed by atoms with E-state index in [2.05, 4.69) is 32.7 Å². The van der Waals surface area contributed by atoms with Crippen molar-refractivity contribution in [2.75, 3.05) is 31.1 Å². The summed E-state index contributed by atoms with van der Waals surface area (Å²) in [4.78, 5) is 9.39. The molecule has 2 aliphatic rings. The summed E-state index contributed by atoms with van der Waals surface area (Å²) in [6, 6.07) is 4.73. The molecule has 1 aromatic rings. The van der Waals surface area contributed by atoms with Crippen LogP contribution in [0.2, 0.25) is 0 Å². The van der Waals surface area contributed by atoms with Crippen LogP contribution >= 0.6 is 0 Å². The summed E-state index contributed by atoms with van der Waals surface area (Å²) in [5.74, 6) is 6.92. The number of anilines is 1. The van der Waals surface area contributed by atoms with Crippen molar-refractivity contribution in [1.29, 1.82) is 0 Å². The predicted molar refractivity (Wildman–Crippen MR) is 74.7 cm³/mol. The molecule has 1 saturated heterocycles. The zero-order chi connectivity index (χ0) is 13.1. The number of nitrogens with zero attached hydrogens (tertiary/aromatic N) is 3. The molecule has 0 aromatic carbocycles. The van der Waals surface area contributed by atoms with Crippen LogP contribution in [0.3, 0.4) is 0 Å². The predicted octanol–water partition coefficient (Wildman–Crippen LogP) is 0.862. The van der Waals surface area contributed by atoms with Gasteiger partial charge in [0.15, 0.2) is 0 Å². The largest absolute Gasteiger partial charge is 0.384 e. The number of aliphatic hydroxyl groups is 1. The fourth-order valence-corrected chi connectivity index (χ4v) is 3.06. The first kappa shape index (κ1) is 12.5. The number of hydrogen-bond donors (Lipinski definition) is 1. The van der Waals surface area contributed by atoms with Crippen molar-refractivity contribution in [3.8, 4) is 11.8 Å². The summed E-state index contributed by atoms with van der Waals surface area (Å²) in [5, 5.41) is 8.75. The second kappa shape index (κ2) is 5.60. The van der Waals surface area contributed by atoms with Gasteiger partial charge in [0, 0.05) is 37.4 Å². The molecule has 19 heavy (non-hydrogen) atoms. The second-order valence-corrected chi connectivity index (χ2v) is 5.16. The van der Waals surface area contributed by atoms with E-state index in [4.69, 9.17) is 5.11 Å². The number of fused-ring (bicyclic) bond motifs is 3. The molecule has 100 valence electrons. The van der Waals surface area contributed by atoms with Crippen LogP contribution in [0.5, 0.6) is 0 Å². The molecule has 4 nitrogen and oxygen atoms in total. The van der Waals surface area contributed by atoms with E-state index in [0.717, 1.165) is 32.0 Å². The van der Waals surface area contributed by atoms with Gasteiger partial charge in [0.05, 0.1) is 6.54 Å². The third-order valence-corrected chi connectivity index (χ3v) is 3.89. The minimum atomic E-state index is -0.0540. The third kappa shape index (κ3) is 2.58. The van der Waals surface area contributed by atoms with Crippen molar-refractivity contribution in [1.82, 2.24) is 9.88 Å². The van der Waals surface area contributed by atoms with Crippen molar-refractivity contribution in [2.45, 2.75) is 25.4 Å². The minimum absolute atomic E-state index is 0.0540. The molecule has 0 radical (unpaired) electrons. The molecule has 3 heterocycles. The second-order valence-electron chi connectivity index (χ2n) is 5.16. The Labute approximate surface area is 114 Å². The molecule has 0 bridgehead atoms. The quantitative estimate of drug-likeness (QED) is 0.758. The molecule has 0 saturated carbocycles. The molecule has 3 rings (SSSR count). The first-order valence-electron chi connectivity index (χ1n) is 6.88. The maximum atomic E-state index is 8.75. The van der Waals surface area contributed by atoms with Gasteiger partial charge in [-0.3, -0.25) is 4.90 Å². The molecule has 0 unspecified atom stereocenters. The zero-order valence-electron chi connectivity index (χ0n) is 11.0. The highest BCUT2D eigenvalue weighted by Gasteiger charge is 2.31. The number of hydrogen-bond acceptors (Lipinski definition) is 4. The summed E-state index contributed by atoms with van der Waals surface area (Å²) < 4.78 is 0. The van der Waals surface area contributed by atoms with Crippen LogP contribution in [0.25, 0.3) is 0 Å². The lowest BCUT2D eigenvalue weighted by Crippen LogP contribution is -2.37. The number of pyridine rings is 1. The van der Waals surface area contributed by atoms with Crippen LogP contribution in [-0.2, 0) is 6.54 Å². The summed E-state index contributed by atoms with van der Waals surface area (Å²) in [6.07, 6.45) is 4.37. The van der Waals surface area contributed by atoms with Gasteiger partial charge in [0.1, 0.15) is 12.4 Å². The van der Waals surface area contributed by atoms with Crippen LogP contribution in [0.15, 0.2) is 18.3 Å². The van der Waals surface area contributed by atoms with Gasteiger partial charge in [-0.15, -0.1) is 0 Å². The van der Waals surface area contributed by atoms with Crippen LogP contribution in [0, 0.1) is 11.8 Å². The van der Waals surface area contributed by atoms with E-state index in [0.29, 0.717) is 6.04 Å². The smallest absolute Gasteiger partial charge is 0.133 e. The van der Waals surface area contributed by atoms with Crippen LogP contribution < -0.4 is 4.90 Å². The number of rotatable bonds is 1. The highest BCUT2D eigenvalue weighted by Crippen LogP contribution is 2.30. The standard InChI is InChI=1S/C15H19N3O/c19-10-2-1-8-17-11-13-5-3-7-16-15(13)18-9-4-6-14(18)12-17/h3,5,7,14,19H,4,6,8-12H2/t14-/m1/s1. The lowest BCUT2D eigenvalue weighted by molar-refractivity contribution is 0.286. The first-order chi connectivity index (χ1) is 9.38. The maximum absolute atomic E-state index is 8.75. The summed E-state index contributed by atoms with van der Waals surface area (Å²) >= 11 is 0. The molecule has 1 atom stereocenters. The van der Waals surface area contributed by atoms with Gasteiger partial charge < -0.3 is 10.0 Å². The van der Waals surface area contributed by atoms with E-state index in [-0.39, 0.29) is 6.61 Å². The fraction of sp³-hybridized carbons (Fsp3) is 0.533. The van der Waals surface area contributed by atoms with E-state index < -0.39 is 0 Å². The molecule has 4 heteroatoms. The van der Waals surface area contributed by atoms with Crippen LogP contribution in [0.1, 0.15) is 18.4 Å². The Morgan fingerprint density at radius 3 is 3.26 bits per heavy atom. The van der Waals surface area contributed by atoms with E-state index in [1.165, 1.54) is 18.4 Å². The van der Waals surface area contributed by atoms with Gasteiger partial charge in [-0.1, -0.05) is 17.9 Å². The monoisotopic (exact) mass is 257 g/mol. The Morgan fingerprint density at radius 2 is 2.37 bits per heavy atom. The van der Waals surface area contributed by atoms with Crippen molar-refractivity contribution in [2.24, 2.45) is 0 Å². The van der Waals surface area contributed by atoms with Gasteiger partial charge in [0.25, 0.3) is 0 Å². The van der Waals surface area contributed by atoms with E-state index in [1.807, 2.05) is 12.3 Å². The number of aromatic nitrogens is 1. The van der Waals surface area contributed by atoms with Crippen molar-refractivity contribution in [3.63, 3.8) is 0 Å². The average Bonchev–Trinajstić information content (AvgIpc) is 2.82. The topological polar surface area (TPSA) is 39.6 Å². The van der Waals surface area contributed by atoms with Crippen molar-refractivity contribution < 1.29 is 5.11 Å². The molecule has 1 N–H and O–H groups in total. The zero-order valence-corrected chi connectivity index (χ0v) is 11.0. The Kier molecular flexibility index (Phi) is 3.67. The third-order valence-electron chi connectivity index (χ3n) is 3.89. The van der Waals surface area contributed by atoms with Gasteiger partial charge in [-0.2, -0.15) is 0 Å². The normalized spacial score (nSPS) is 22.2. The molecule has 0 amide bonds. The maximum Gasteiger partial charge on any atom is 0.133 e. The van der Waals surface area contributed by atoms with Gasteiger partial charge in [-0.05, 0) is 18.9 Å². The number of aliphatic hydroxyl groups excluding tert-OH is 1. The minimum Gasteiger partial charge on any atom is -0.384 e. The Bertz CT molecular complexity index is 506. The van der Waals surface area contributed by atoms with E-state index in [9.17, 15) is 0 Å². The van der Waals surface area contributed by atoms with Crippen molar-refractivity contribution in [3.05, 3.63) is 23.9 Å². The Morgan fingerprint density at radius 1 is 1.42 bits per heavy atom. The molecule has 0 aliphatic carbocycles. The molecule has 2 aliphatic heterocycles. The van der Waals surface area contributed by atoms with Gasteiger partial charge in [0.2, 0.25) is 0 Å². The highest BCUT2D eigenvalue weighted by molar-refractivity contribution is 5.49. The Hall–Kier alpha value is -1.57. The molecule has 1 fully saturated rings. The fourth-order valence-electron chi connectivity index (χ4n) is 3.06. The van der Waals surface area contributed by atoms with Crippen LogP contribution in [-0.4, -0.2) is 47.3 Å². The summed E-state index contributed by atoms with van der Waals surface area (Å²) in [5.41, 5.74) is 1.29. The van der Waals surface area contributed by atoms with E-state index >= 15 is 0 Å². The molecule has 0 spiro atoms. The first-order valence-corrected chi connectivity index (χ1v) is 6.88. The Balaban J connectivity index is 1.85.